The molecule has 3 rings (SSSR count). The monoisotopic (exact) mass is 444 g/mol. The summed E-state index contributed by atoms with van der Waals surface area (Å²) in [5.74, 6) is -1.87. The fourth-order valence-corrected chi connectivity index (χ4v) is 3.72. The Bertz CT molecular complexity index is 914. The average Bonchev–Trinajstić information content (AvgIpc) is 3.28. The molecule has 1 aliphatic rings. The molecule has 2 amide bonds. The second-order valence-corrected chi connectivity index (χ2v) is 8.18. The van der Waals surface area contributed by atoms with Crippen LogP contribution in [0.5, 0.6) is 0 Å². The Balaban J connectivity index is 1.87. The van der Waals surface area contributed by atoms with Crippen LogP contribution in [0.1, 0.15) is 66.7 Å². The van der Waals surface area contributed by atoms with Crippen LogP contribution in [0.15, 0.2) is 36.4 Å². The molecule has 0 radical (unpaired) electrons. The van der Waals surface area contributed by atoms with Crippen LogP contribution in [0, 0.1) is 0 Å². The lowest BCUT2D eigenvalue weighted by molar-refractivity contribution is 0.0449. The van der Waals surface area contributed by atoms with Gasteiger partial charge in [0.1, 0.15) is 13.2 Å². The molecule has 1 aromatic heterocycles. The van der Waals surface area contributed by atoms with Crippen LogP contribution in [0.2, 0.25) is 0 Å². The largest absolute Gasteiger partial charge is 0.460 e. The zero-order valence-electron chi connectivity index (χ0n) is 17.3. The minimum absolute atomic E-state index is 0.0212. The molecule has 0 saturated heterocycles. The molecule has 2 N–H and O–H groups in total. The highest BCUT2D eigenvalue weighted by molar-refractivity contribution is 7.15. The van der Waals surface area contributed by atoms with E-state index in [1.807, 2.05) is 13.8 Å². The van der Waals surface area contributed by atoms with Crippen molar-refractivity contribution in [1.82, 2.24) is 10.6 Å². The summed E-state index contributed by atoms with van der Waals surface area (Å²) in [5, 5.41) is 5.65. The number of hydrogen-bond acceptors (Lipinski definition) is 7. The lowest BCUT2D eigenvalue weighted by Gasteiger charge is -2.18. The molecule has 0 spiro atoms. The maximum Gasteiger partial charge on any atom is 0.338 e. The van der Waals surface area contributed by atoms with Crippen molar-refractivity contribution in [3.8, 4) is 0 Å². The zero-order valence-corrected chi connectivity index (χ0v) is 18.1. The molecule has 0 saturated carbocycles. The quantitative estimate of drug-likeness (QED) is 0.689. The Morgan fingerprint density at radius 2 is 1.26 bits per heavy atom. The number of thiophene rings is 1. The van der Waals surface area contributed by atoms with Gasteiger partial charge in [0.05, 0.1) is 33.0 Å². The van der Waals surface area contributed by atoms with E-state index in [4.69, 9.17) is 9.47 Å². The molecule has 2 heterocycles. The first-order valence-electron chi connectivity index (χ1n) is 10.1. The van der Waals surface area contributed by atoms with Crippen molar-refractivity contribution in [2.75, 3.05) is 13.2 Å². The lowest BCUT2D eigenvalue weighted by atomic mass is 10.1. The van der Waals surface area contributed by atoms with Crippen LogP contribution in [0.25, 0.3) is 0 Å². The summed E-state index contributed by atoms with van der Waals surface area (Å²) in [6.45, 7) is 3.68. The normalized spacial score (nSPS) is 20.6. The number of nitrogens with one attached hydrogen (secondary N) is 2. The Morgan fingerprint density at radius 3 is 1.68 bits per heavy atom. The number of cyclic esters (lactones) is 2. The third-order valence-electron chi connectivity index (χ3n) is 4.87. The minimum atomic E-state index is -0.597. The fourth-order valence-electron chi connectivity index (χ4n) is 2.91. The van der Waals surface area contributed by atoms with E-state index in [0.29, 0.717) is 22.6 Å². The summed E-state index contributed by atoms with van der Waals surface area (Å²) in [6, 6.07) is 8.41. The van der Waals surface area contributed by atoms with E-state index in [9.17, 15) is 19.2 Å². The Kier molecular flexibility index (Phi) is 7.41. The van der Waals surface area contributed by atoms with Gasteiger partial charge in [-0.15, -0.1) is 11.3 Å². The highest BCUT2D eigenvalue weighted by atomic mass is 32.1. The van der Waals surface area contributed by atoms with Crippen LogP contribution >= 0.6 is 11.3 Å². The van der Waals surface area contributed by atoms with Gasteiger partial charge in [0.15, 0.2) is 0 Å². The molecule has 2 atom stereocenters. The smallest absolute Gasteiger partial charge is 0.338 e. The first-order chi connectivity index (χ1) is 14.9. The third-order valence-corrected chi connectivity index (χ3v) is 5.96. The molecule has 1 aliphatic heterocycles. The zero-order chi connectivity index (χ0) is 22.4. The average molecular weight is 445 g/mol. The van der Waals surface area contributed by atoms with E-state index < -0.39 is 24.0 Å². The summed E-state index contributed by atoms with van der Waals surface area (Å²) in [6.07, 6.45) is 1.09. The molecule has 4 bridgehead atoms. The van der Waals surface area contributed by atoms with E-state index >= 15 is 0 Å². The SMILES string of the molecule is CC[C@@H]1COC(=O)c2cccc(c2)C(=O)OC[C@@H](CC)NC(=O)c2ccc(s2)C(=O)N1. The number of fused-ring (bicyclic) bond motifs is 4. The number of ether oxygens (including phenoxy) is 2. The fraction of sp³-hybridized carbons (Fsp3) is 0.364. The van der Waals surface area contributed by atoms with Crippen LogP contribution in [0.3, 0.4) is 0 Å². The highest BCUT2D eigenvalue weighted by Gasteiger charge is 2.21. The molecular formula is C22H24N2O6S. The van der Waals surface area contributed by atoms with Crippen molar-refractivity contribution in [2.24, 2.45) is 0 Å². The summed E-state index contributed by atoms with van der Waals surface area (Å²) in [4.78, 5) is 50.7. The van der Waals surface area contributed by atoms with Gasteiger partial charge < -0.3 is 20.1 Å². The molecule has 9 heteroatoms. The maximum atomic E-state index is 12.6. The second-order valence-electron chi connectivity index (χ2n) is 7.10. The number of benzene rings is 1. The standard InChI is InChI=1S/C22H24N2O6S/c1-3-15-11-29-21(27)13-6-5-7-14(10-13)22(28)30-12-16(4-2)24-20(26)18-9-8-17(31-18)19(25)23-15/h5-10,15-16H,3-4,11-12H2,1-2H3,(H,23,25)(H,24,26)/t15-,16-/m1/s1. The summed E-state index contributed by atoms with van der Waals surface area (Å²) in [7, 11) is 0. The van der Waals surface area contributed by atoms with Crippen molar-refractivity contribution in [3.63, 3.8) is 0 Å². The van der Waals surface area contributed by atoms with Gasteiger partial charge in [-0.1, -0.05) is 19.9 Å². The number of carbonyl (C=O) groups excluding carboxylic acids is 4. The van der Waals surface area contributed by atoms with Crippen LogP contribution in [0.4, 0.5) is 0 Å². The minimum Gasteiger partial charge on any atom is -0.460 e. The number of amides is 2. The van der Waals surface area contributed by atoms with Crippen molar-refractivity contribution in [3.05, 3.63) is 57.3 Å². The Labute approximate surface area is 183 Å². The topological polar surface area (TPSA) is 111 Å². The van der Waals surface area contributed by atoms with Gasteiger partial charge in [0.25, 0.3) is 11.8 Å². The molecule has 164 valence electrons. The predicted octanol–water partition coefficient (Wildman–Crippen LogP) is 2.79. The van der Waals surface area contributed by atoms with E-state index in [-0.39, 0.29) is 36.2 Å². The van der Waals surface area contributed by atoms with Gasteiger partial charge in [0, 0.05) is 0 Å². The molecule has 0 fully saturated rings. The molecule has 8 nitrogen and oxygen atoms in total. The van der Waals surface area contributed by atoms with E-state index in [1.54, 1.807) is 30.3 Å². The van der Waals surface area contributed by atoms with Gasteiger partial charge in [0.2, 0.25) is 0 Å². The number of carbonyl (C=O) groups is 4. The molecule has 0 aliphatic carbocycles. The van der Waals surface area contributed by atoms with Gasteiger partial charge in [-0.3, -0.25) is 9.59 Å². The van der Waals surface area contributed by atoms with Crippen LogP contribution in [-0.2, 0) is 9.47 Å². The molecule has 1 aromatic carbocycles. The first kappa shape index (κ1) is 22.5. The Hall–Kier alpha value is -3.20. The number of rotatable bonds is 2. The molecule has 31 heavy (non-hydrogen) atoms. The third kappa shape index (κ3) is 5.69. The van der Waals surface area contributed by atoms with Crippen molar-refractivity contribution < 1.29 is 28.7 Å². The van der Waals surface area contributed by atoms with Crippen molar-refractivity contribution in [1.29, 1.82) is 0 Å². The predicted molar refractivity (Wildman–Crippen MR) is 114 cm³/mol. The summed E-state index contributed by atoms with van der Waals surface area (Å²) in [5.41, 5.74) is 0.417. The van der Waals surface area contributed by atoms with E-state index in [2.05, 4.69) is 10.6 Å². The van der Waals surface area contributed by atoms with Crippen LogP contribution < -0.4 is 10.6 Å². The van der Waals surface area contributed by atoms with Gasteiger partial charge in [-0.05, 0) is 43.2 Å². The first-order valence-corrected chi connectivity index (χ1v) is 10.9. The van der Waals surface area contributed by atoms with Crippen LogP contribution in [-0.4, -0.2) is 49.1 Å². The molecule has 2 aromatic rings. The number of hydrogen-bond donors (Lipinski definition) is 2. The highest BCUT2D eigenvalue weighted by Crippen LogP contribution is 2.18. The van der Waals surface area contributed by atoms with Crippen molar-refractivity contribution in [2.45, 2.75) is 38.8 Å². The molecule has 0 unspecified atom stereocenters. The molecular weight excluding hydrogens is 420 g/mol. The summed E-state index contributed by atoms with van der Waals surface area (Å²) < 4.78 is 10.7. The second kappa shape index (κ2) is 10.2. The maximum absolute atomic E-state index is 12.6. The van der Waals surface area contributed by atoms with E-state index in [1.165, 1.54) is 6.07 Å². The van der Waals surface area contributed by atoms with E-state index in [0.717, 1.165) is 11.3 Å². The van der Waals surface area contributed by atoms with Gasteiger partial charge in [-0.2, -0.15) is 0 Å². The van der Waals surface area contributed by atoms with Crippen molar-refractivity contribution >= 4 is 35.1 Å². The van der Waals surface area contributed by atoms with Gasteiger partial charge in [-0.25, -0.2) is 9.59 Å². The van der Waals surface area contributed by atoms with Gasteiger partial charge >= 0.3 is 11.9 Å². The number of esters is 2. The summed E-state index contributed by atoms with van der Waals surface area (Å²) >= 11 is 1.07. The Morgan fingerprint density at radius 1 is 0.806 bits per heavy atom. The lowest BCUT2D eigenvalue weighted by Crippen LogP contribution is -2.38.